The van der Waals surface area contributed by atoms with Gasteiger partial charge in [0.25, 0.3) is 0 Å². The zero-order valence-electron chi connectivity index (χ0n) is 9.87. The smallest absolute Gasteiger partial charge is 0.0760 e. The average Bonchev–Trinajstić information content (AvgIpc) is 2.26. The van der Waals surface area contributed by atoms with Crippen molar-refractivity contribution in [3.63, 3.8) is 0 Å². The predicted octanol–water partition coefficient (Wildman–Crippen LogP) is 4.09. The maximum absolute atomic E-state index is 6.05. The summed E-state index contributed by atoms with van der Waals surface area (Å²) in [5.74, 6) is 0. The van der Waals surface area contributed by atoms with Crippen molar-refractivity contribution < 1.29 is 0 Å². The maximum atomic E-state index is 6.05. The monoisotopic (exact) mass is 242 g/mol. The van der Waals surface area contributed by atoms with E-state index in [0.717, 1.165) is 17.1 Å². The van der Waals surface area contributed by atoms with Crippen molar-refractivity contribution in [2.45, 2.75) is 23.6 Å². The third-order valence-corrected chi connectivity index (χ3v) is 3.99. The van der Waals surface area contributed by atoms with E-state index in [1.54, 1.807) is 11.8 Å². The summed E-state index contributed by atoms with van der Waals surface area (Å²) >= 11 is 1.78. The van der Waals surface area contributed by atoms with E-state index in [0.29, 0.717) is 0 Å². The molecule has 1 aliphatic rings. The van der Waals surface area contributed by atoms with Crippen LogP contribution >= 0.6 is 11.8 Å². The topological polar surface area (TPSA) is 38.0 Å². The highest BCUT2D eigenvalue weighted by Gasteiger charge is 2.17. The van der Waals surface area contributed by atoms with Crippen molar-refractivity contribution >= 4 is 28.8 Å². The van der Waals surface area contributed by atoms with Gasteiger partial charge in [-0.15, -0.1) is 0 Å². The van der Waals surface area contributed by atoms with Crippen LogP contribution in [0.1, 0.15) is 11.1 Å². The minimum absolute atomic E-state index is 0.818. The molecule has 0 aromatic heterocycles. The van der Waals surface area contributed by atoms with Gasteiger partial charge in [0.15, 0.2) is 0 Å². The summed E-state index contributed by atoms with van der Waals surface area (Å²) in [7, 11) is 0. The molecule has 3 rings (SSSR count). The normalized spacial score (nSPS) is 12.6. The van der Waals surface area contributed by atoms with Gasteiger partial charge in [-0.25, -0.2) is 0 Å². The highest BCUT2D eigenvalue weighted by atomic mass is 32.2. The van der Waals surface area contributed by atoms with Crippen LogP contribution in [0.5, 0.6) is 0 Å². The van der Waals surface area contributed by atoms with Crippen LogP contribution in [0.15, 0.2) is 40.1 Å². The SMILES string of the molecule is Cc1ccc2c(c1)Sc1cc(C)cc(N)c1N2. The molecule has 0 bridgehead atoms. The fraction of sp³-hybridized carbons (Fsp3) is 0.143. The van der Waals surface area contributed by atoms with Gasteiger partial charge in [-0.1, -0.05) is 17.8 Å². The summed E-state index contributed by atoms with van der Waals surface area (Å²) in [6.07, 6.45) is 0. The number of rotatable bonds is 0. The minimum Gasteiger partial charge on any atom is -0.397 e. The Bertz CT molecular complexity index is 605. The number of nitrogens with one attached hydrogen (secondary N) is 1. The van der Waals surface area contributed by atoms with Gasteiger partial charge in [0.05, 0.1) is 17.1 Å². The molecule has 0 fully saturated rings. The van der Waals surface area contributed by atoms with Gasteiger partial charge in [0.1, 0.15) is 0 Å². The van der Waals surface area contributed by atoms with Crippen molar-refractivity contribution in [2.24, 2.45) is 0 Å². The summed E-state index contributed by atoms with van der Waals surface area (Å²) in [4.78, 5) is 2.48. The summed E-state index contributed by atoms with van der Waals surface area (Å²) in [6.45, 7) is 4.18. The maximum Gasteiger partial charge on any atom is 0.0760 e. The van der Waals surface area contributed by atoms with Crippen LogP contribution in [0, 0.1) is 13.8 Å². The Hall–Kier alpha value is -1.61. The lowest BCUT2D eigenvalue weighted by Crippen LogP contribution is -2.04. The summed E-state index contributed by atoms with van der Waals surface area (Å²) in [5, 5.41) is 3.42. The van der Waals surface area contributed by atoms with Gasteiger partial charge in [-0.05, 0) is 49.2 Å². The van der Waals surface area contributed by atoms with Crippen LogP contribution in [0.3, 0.4) is 0 Å². The number of nitrogen functional groups attached to an aromatic ring is 1. The Kier molecular flexibility index (Phi) is 2.30. The van der Waals surface area contributed by atoms with Crippen LogP contribution in [-0.4, -0.2) is 0 Å². The molecule has 2 nitrogen and oxygen atoms in total. The lowest BCUT2D eigenvalue weighted by Gasteiger charge is -2.23. The van der Waals surface area contributed by atoms with Crippen LogP contribution < -0.4 is 11.1 Å². The molecule has 0 radical (unpaired) electrons. The number of benzene rings is 2. The van der Waals surface area contributed by atoms with E-state index in [2.05, 4.69) is 43.4 Å². The molecule has 3 N–H and O–H groups in total. The Balaban J connectivity index is 2.14. The minimum atomic E-state index is 0.818. The van der Waals surface area contributed by atoms with Crippen molar-refractivity contribution in [3.05, 3.63) is 41.5 Å². The highest BCUT2D eigenvalue weighted by molar-refractivity contribution is 7.99. The molecule has 17 heavy (non-hydrogen) atoms. The number of anilines is 3. The van der Waals surface area contributed by atoms with Gasteiger partial charge >= 0.3 is 0 Å². The van der Waals surface area contributed by atoms with Crippen LogP contribution in [0.2, 0.25) is 0 Å². The lowest BCUT2D eigenvalue weighted by atomic mass is 10.1. The molecule has 0 unspecified atom stereocenters. The number of nitrogens with two attached hydrogens (primary N) is 1. The Morgan fingerprint density at radius 2 is 1.76 bits per heavy atom. The van der Waals surface area contributed by atoms with Gasteiger partial charge in [0, 0.05) is 9.79 Å². The standard InChI is InChI=1S/C14H14N2S/c1-8-3-4-11-12(6-8)17-13-7-9(2)5-10(15)14(13)16-11/h3-7,16H,15H2,1-2H3. The lowest BCUT2D eigenvalue weighted by molar-refractivity contribution is 1.27. The molecular weight excluding hydrogens is 228 g/mol. The average molecular weight is 242 g/mol. The molecule has 0 saturated carbocycles. The molecule has 3 heteroatoms. The first kappa shape index (κ1) is 10.5. The van der Waals surface area contributed by atoms with E-state index < -0.39 is 0 Å². The first-order chi connectivity index (χ1) is 8.13. The zero-order chi connectivity index (χ0) is 12.0. The van der Waals surface area contributed by atoms with Crippen molar-refractivity contribution in [3.8, 4) is 0 Å². The number of aryl methyl sites for hydroxylation is 2. The fourth-order valence-electron chi connectivity index (χ4n) is 2.06. The zero-order valence-corrected chi connectivity index (χ0v) is 10.7. The van der Waals surface area contributed by atoms with Crippen molar-refractivity contribution in [1.82, 2.24) is 0 Å². The molecule has 0 atom stereocenters. The molecule has 1 aliphatic heterocycles. The summed E-state index contributed by atoms with van der Waals surface area (Å²) in [6, 6.07) is 10.6. The Morgan fingerprint density at radius 1 is 1.00 bits per heavy atom. The van der Waals surface area contributed by atoms with Crippen molar-refractivity contribution in [2.75, 3.05) is 11.1 Å². The van der Waals surface area contributed by atoms with E-state index in [1.807, 2.05) is 6.07 Å². The highest BCUT2D eigenvalue weighted by Crippen LogP contribution is 2.47. The second-order valence-electron chi connectivity index (χ2n) is 4.45. The van der Waals surface area contributed by atoms with E-state index >= 15 is 0 Å². The Labute approximate surface area is 105 Å². The summed E-state index contributed by atoms with van der Waals surface area (Å²) < 4.78 is 0. The Morgan fingerprint density at radius 3 is 2.59 bits per heavy atom. The molecular formula is C14H14N2S. The van der Waals surface area contributed by atoms with Crippen LogP contribution in [0.25, 0.3) is 0 Å². The quantitative estimate of drug-likeness (QED) is 0.583. The molecule has 2 aromatic rings. The molecule has 1 heterocycles. The second-order valence-corrected chi connectivity index (χ2v) is 5.54. The van der Waals surface area contributed by atoms with E-state index in [9.17, 15) is 0 Å². The van der Waals surface area contributed by atoms with Gasteiger partial charge < -0.3 is 11.1 Å². The van der Waals surface area contributed by atoms with Crippen molar-refractivity contribution in [1.29, 1.82) is 0 Å². The first-order valence-corrected chi connectivity index (χ1v) is 6.41. The van der Waals surface area contributed by atoms with Gasteiger partial charge in [-0.2, -0.15) is 0 Å². The third-order valence-electron chi connectivity index (χ3n) is 2.89. The fourth-order valence-corrected chi connectivity index (χ4v) is 3.29. The second kappa shape index (κ2) is 3.70. The van der Waals surface area contributed by atoms with Crippen LogP contribution in [-0.2, 0) is 0 Å². The van der Waals surface area contributed by atoms with Crippen LogP contribution in [0.4, 0.5) is 17.1 Å². The first-order valence-electron chi connectivity index (χ1n) is 5.59. The molecule has 2 aromatic carbocycles. The number of fused-ring (bicyclic) bond motifs is 2. The number of hydrogen-bond acceptors (Lipinski definition) is 3. The summed E-state index contributed by atoms with van der Waals surface area (Å²) in [5.41, 5.74) is 11.5. The molecule has 0 saturated heterocycles. The van der Waals surface area contributed by atoms with E-state index in [1.165, 1.54) is 20.9 Å². The van der Waals surface area contributed by atoms with E-state index in [4.69, 9.17) is 5.73 Å². The van der Waals surface area contributed by atoms with Gasteiger partial charge in [-0.3, -0.25) is 0 Å². The predicted molar refractivity (Wildman–Crippen MR) is 74.2 cm³/mol. The molecule has 0 aliphatic carbocycles. The number of hydrogen-bond donors (Lipinski definition) is 2. The van der Waals surface area contributed by atoms with E-state index in [-0.39, 0.29) is 0 Å². The molecule has 0 amide bonds. The van der Waals surface area contributed by atoms with Gasteiger partial charge in [0.2, 0.25) is 0 Å². The molecule has 0 spiro atoms. The largest absolute Gasteiger partial charge is 0.397 e. The molecule has 86 valence electrons. The third kappa shape index (κ3) is 1.76.